The van der Waals surface area contributed by atoms with Gasteiger partial charge in [-0.3, -0.25) is 10.1 Å². The number of hydrogen-bond acceptors (Lipinski definition) is 4. The molecule has 1 saturated heterocycles. The molecule has 0 radical (unpaired) electrons. The number of ether oxygens (including phenoxy) is 1. The highest BCUT2D eigenvalue weighted by molar-refractivity contribution is 6.32. The van der Waals surface area contributed by atoms with Gasteiger partial charge in [-0.25, -0.2) is 0 Å². The van der Waals surface area contributed by atoms with Gasteiger partial charge in [0.05, 0.1) is 16.0 Å². The molecule has 6 heteroatoms. The number of halogens is 1. The zero-order valence-corrected chi connectivity index (χ0v) is 10.9. The van der Waals surface area contributed by atoms with Crippen molar-refractivity contribution in [3.05, 3.63) is 33.3 Å². The van der Waals surface area contributed by atoms with Crippen LogP contribution in [0.3, 0.4) is 0 Å². The minimum Gasteiger partial charge on any atom is -0.490 e. The molecule has 1 atom stereocenters. The zero-order chi connectivity index (χ0) is 13.1. The van der Waals surface area contributed by atoms with Crippen molar-refractivity contribution in [1.82, 2.24) is 4.90 Å². The van der Waals surface area contributed by atoms with Crippen molar-refractivity contribution in [2.45, 2.75) is 18.9 Å². The third-order valence-corrected chi connectivity index (χ3v) is 3.54. The van der Waals surface area contributed by atoms with Crippen LogP contribution >= 0.6 is 11.6 Å². The van der Waals surface area contributed by atoms with E-state index in [2.05, 4.69) is 11.9 Å². The van der Waals surface area contributed by atoms with Gasteiger partial charge in [-0.15, -0.1) is 0 Å². The third-order valence-electron chi connectivity index (χ3n) is 3.23. The largest absolute Gasteiger partial charge is 0.490 e. The number of nitro benzene ring substituents is 1. The smallest absolute Gasteiger partial charge is 0.273 e. The van der Waals surface area contributed by atoms with Gasteiger partial charge in [0.15, 0.2) is 0 Å². The Balaban J connectivity index is 2.04. The van der Waals surface area contributed by atoms with Gasteiger partial charge in [-0.05, 0) is 32.5 Å². The summed E-state index contributed by atoms with van der Waals surface area (Å²) in [6, 6.07) is 4.60. The van der Waals surface area contributed by atoms with Gasteiger partial charge < -0.3 is 9.64 Å². The van der Waals surface area contributed by atoms with Crippen molar-refractivity contribution in [3.8, 4) is 5.75 Å². The van der Waals surface area contributed by atoms with E-state index in [-0.39, 0.29) is 5.69 Å². The van der Waals surface area contributed by atoms with Crippen LogP contribution < -0.4 is 4.74 Å². The van der Waals surface area contributed by atoms with Gasteiger partial charge >= 0.3 is 0 Å². The predicted octanol–water partition coefficient (Wildman–Crippen LogP) is 2.72. The van der Waals surface area contributed by atoms with Gasteiger partial charge in [0.25, 0.3) is 5.69 Å². The lowest BCUT2D eigenvalue weighted by molar-refractivity contribution is -0.384. The van der Waals surface area contributed by atoms with Crippen LogP contribution in [0.1, 0.15) is 12.8 Å². The van der Waals surface area contributed by atoms with Gasteiger partial charge in [0, 0.05) is 12.1 Å². The molecule has 1 aromatic carbocycles. The molecular weight excluding hydrogens is 256 g/mol. The van der Waals surface area contributed by atoms with Crippen LogP contribution in [-0.2, 0) is 0 Å². The standard InChI is InChI=1S/C12H15ClN2O3/c1-14-6-2-3-10(14)8-18-12-7-9(15(16)17)4-5-11(12)13/h4-5,7,10H,2-3,6,8H2,1H3. The number of nitrogens with zero attached hydrogens (tertiary/aromatic N) is 2. The molecular formula is C12H15ClN2O3. The number of rotatable bonds is 4. The second-order valence-electron chi connectivity index (χ2n) is 4.46. The molecule has 18 heavy (non-hydrogen) atoms. The first kappa shape index (κ1) is 13.1. The van der Waals surface area contributed by atoms with Gasteiger partial charge in [0.1, 0.15) is 12.4 Å². The maximum absolute atomic E-state index is 10.7. The summed E-state index contributed by atoms with van der Waals surface area (Å²) in [6.45, 7) is 1.58. The molecule has 1 fully saturated rings. The average molecular weight is 271 g/mol. The van der Waals surface area contributed by atoms with Crippen molar-refractivity contribution < 1.29 is 9.66 Å². The highest BCUT2D eigenvalue weighted by Crippen LogP contribution is 2.29. The van der Waals surface area contributed by atoms with Gasteiger partial charge in [0.2, 0.25) is 0 Å². The molecule has 5 nitrogen and oxygen atoms in total. The van der Waals surface area contributed by atoms with E-state index in [9.17, 15) is 10.1 Å². The van der Waals surface area contributed by atoms with E-state index in [4.69, 9.17) is 16.3 Å². The fraction of sp³-hybridized carbons (Fsp3) is 0.500. The molecule has 0 saturated carbocycles. The molecule has 0 bridgehead atoms. The average Bonchev–Trinajstić information content (AvgIpc) is 2.73. The lowest BCUT2D eigenvalue weighted by Crippen LogP contribution is -2.30. The fourth-order valence-corrected chi connectivity index (χ4v) is 2.26. The van der Waals surface area contributed by atoms with E-state index in [1.807, 2.05) is 0 Å². The molecule has 2 rings (SSSR count). The van der Waals surface area contributed by atoms with Crippen molar-refractivity contribution in [2.24, 2.45) is 0 Å². The van der Waals surface area contributed by atoms with Crippen LogP contribution in [0.25, 0.3) is 0 Å². The fourth-order valence-electron chi connectivity index (χ4n) is 2.09. The first-order chi connectivity index (χ1) is 8.58. The summed E-state index contributed by atoms with van der Waals surface area (Å²) in [4.78, 5) is 12.4. The molecule has 1 aliphatic rings. The molecule has 0 N–H and O–H groups in total. The van der Waals surface area contributed by atoms with E-state index in [1.165, 1.54) is 18.2 Å². The highest BCUT2D eigenvalue weighted by Gasteiger charge is 2.22. The summed E-state index contributed by atoms with van der Waals surface area (Å²) in [5, 5.41) is 11.1. The first-order valence-electron chi connectivity index (χ1n) is 5.85. The minimum absolute atomic E-state index is 0.00539. The Bertz CT molecular complexity index is 453. The van der Waals surface area contributed by atoms with E-state index in [0.29, 0.717) is 23.4 Å². The molecule has 1 heterocycles. The molecule has 0 aromatic heterocycles. The molecule has 0 amide bonds. The van der Waals surface area contributed by atoms with Crippen LogP contribution in [0.4, 0.5) is 5.69 Å². The number of hydrogen-bond donors (Lipinski definition) is 0. The topological polar surface area (TPSA) is 55.6 Å². The van der Waals surface area contributed by atoms with Crippen molar-refractivity contribution in [2.75, 3.05) is 20.2 Å². The Morgan fingerprint density at radius 2 is 2.39 bits per heavy atom. The summed E-state index contributed by atoms with van der Waals surface area (Å²) < 4.78 is 5.60. The monoisotopic (exact) mass is 270 g/mol. The first-order valence-corrected chi connectivity index (χ1v) is 6.22. The maximum atomic E-state index is 10.7. The molecule has 0 spiro atoms. The molecule has 1 unspecified atom stereocenters. The van der Waals surface area contributed by atoms with Crippen LogP contribution in [0.5, 0.6) is 5.75 Å². The predicted molar refractivity (Wildman–Crippen MR) is 69.3 cm³/mol. The normalized spacial score (nSPS) is 20.0. The Morgan fingerprint density at radius 1 is 1.61 bits per heavy atom. The number of non-ortho nitro benzene ring substituents is 1. The van der Waals surface area contributed by atoms with Crippen LogP contribution in [0.2, 0.25) is 5.02 Å². The molecule has 98 valence electrons. The number of benzene rings is 1. The summed E-state index contributed by atoms with van der Waals surface area (Å²) in [6.07, 6.45) is 2.25. The quantitative estimate of drug-likeness (QED) is 0.623. The molecule has 1 aromatic rings. The van der Waals surface area contributed by atoms with E-state index >= 15 is 0 Å². The van der Waals surface area contributed by atoms with Crippen LogP contribution in [-0.4, -0.2) is 36.1 Å². The second kappa shape index (κ2) is 5.54. The van der Waals surface area contributed by atoms with Crippen molar-refractivity contribution in [3.63, 3.8) is 0 Å². The number of likely N-dealkylation sites (N-methyl/N-ethyl adjacent to an activating group) is 1. The minimum atomic E-state index is -0.453. The van der Waals surface area contributed by atoms with Crippen molar-refractivity contribution in [1.29, 1.82) is 0 Å². The maximum Gasteiger partial charge on any atom is 0.273 e. The van der Waals surface area contributed by atoms with Crippen molar-refractivity contribution >= 4 is 17.3 Å². The lowest BCUT2D eigenvalue weighted by atomic mass is 10.2. The summed E-state index contributed by atoms with van der Waals surface area (Å²) in [5.74, 6) is 0.381. The molecule has 0 aliphatic carbocycles. The Morgan fingerprint density at radius 3 is 3.00 bits per heavy atom. The Labute approximate surface area is 110 Å². The van der Waals surface area contributed by atoms with Crippen LogP contribution in [0.15, 0.2) is 18.2 Å². The highest BCUT2D eigenvalue weighted by atomic mass is 35.5. The van der Waals surface area contributed by atoms with Crippen LogP contribution in [0, 0.1) is 10.1 Å². The Kier molecular flexibility index (Phi) is 4.04. The summed E-state index contributed by atoms with van der Waals surface area (Å²) >= 11 is 5.96. The van der Waals surface area contributed by atoms with Gasteiger partial charge in [-0.1, -0.05) is 11.6 Å². The van der Waals surface area contributed by atoms with Gasteiger partial charge in [-0.2, -0.15) is 0 Å². The summed E-state index contributed by atoms with van der Waals surface area (Å²) in [5.41, 5.74) is -0.00539. The number of nitro groups is 1. The Hall–Kier alpha value is -1.33. The zero-order valence-electron chi connectivity index (χ0n) is 10.1. The van der Waals surface area contributed by atoms with E-state index < -0.39 is 4.92 Å². The molecule has 1 aliphatic heterocycles. The summed E-state index contributed by atoms with van der Waals surface area (Å²) in [7, 11) is 2.05. The second-order valence-corrected chi connectivity index (χ2v) is 4.87. The number of likely N-dealkylation sites (tertiary alicyclic amines) is 1. The third kappa shape index (κ3) is 2.91. The SMILES string of the molecule is CN1CCCC1COc1cc([N+](=O)[O-])ccc1Cl. The lowest BCUT2D eigenvalue weighted by Gasteiger charge is -2.19. The van der Waals surface area contributed by atoms with E-state index in [0.717, 1.165) is 19.4 Å². The van der Waals surface area contributed by atoms with E-state index in [1.54, 1.807) is 0 Å².